The van der Waals surface area contributed by atoms with Crippen LogP contribution in [0.4, 0.5) is 0 Å². The zero-order valence-electron chi connectivity index (χ0n) is 12.0. The summed E-state index contributed by atoms with van der Waals surface area (Å²) in [6.45, 7) is 3.92. The lowest BCUT2D eigenvalue weighted by Crippen LogP contribution is -2.36. The third-order valence-electron chi connectivity index (χ3n) is 3.32. The fourth-order valence-corrected chi connectivity index (χ4v) is 2.27. The molecule has 4 N–H and O–H groups in total. The maximum Gasteiger partial charge on any atom is 0.231 e. The summed E-state index contributed by atoms with van der Waals surface area (Å²) in [6, 6.07) is 3.96. The Kier molecular flexibility index (Phi) is 4.27. The SMILES string of the molecule is Cc1ccc(-c2cncnc2)c(C)c1CC(=O)NC(=N)N. The van der Waals surface area contributed by atoms with Crippen molar-refractivity contribution in [2.75, 3.05) is 0 Å². The molecule has 1 aromatic carbocycles. The van der Waals surface area contributed by atoms with E-state index in [9.17, 15) is 4.79 Å². The van der Waals surface area contributed by atoms with Crippen molar-refractivity contribution in [3.8, 4) is 11.1 Å². The molecule has 1 aromatic heterocycles. The van der Waals surface area contributed by atoms with Crippen LogP contribution in [0.25, 0.3) is 11.1 Å². The first kappa shape index (κ1) is 14.6. The van der Waals surface area contributed by atoms with Crippen molar-refractivity contribution in [1.82, 2.24) is 15.3 Å². The van der Waals surface area contributed by atoms with E-state index in [4.69, 9.17) is 11.1 Å². The number of hydrogen-bond donors (Lipinski definition) is 3. The molecule has 0 fully saturated rings. The van der Waals surface area contributed by atoms with Crippen LogP contribution in [0.3, 0.4) is 0 Å². The molecule has 2 rings (SSSR count). The van der Waals surface area contributed by atoms with Crippen molar-refractivity contribution >= 4 is 11.9 Å². The molecule has 0 aliphatic carbocycles. The summed E-state index contributed by atoms with van der Waals surface area (Å²) in [5.41, 5.74) is 10.0. The van der Waals surface area contributed by atoms with Gasteiger partial charge in [0.1, 0.15) is 6.33 Å². The zero-order chi connectivity index (χ0) is 15.4. The van der Waals surface area contributed by atoms with Gasteiger partial charge >= 0.3 is 0 Å². The van der Waals surface area contributed by atoms with Gasteiger partial charge in [0.2, 0.25) is 5.91 Å². The third-order valence-corrected chi connectivity index (χ3v) is 3.32. The summed E-state index contributed by atoms with van der Waals surface area (Å²) in [6.07, 6.45) is 5.14. The van der Waals surface area contributed by atoms with E-state index in [0.29, 0.717) is 0 Å². The molecule has 0 aliphatic rings. The van der Waals surface area contributed by atoms with Crippen molar-refractivity contribution in [2.24, 2.45) is 5.73 Å². The second-order valence-electron chi connectivity index (χ2n) is 4.80. The van der Waals surface area contributed by atoms with Crippen LogP contribution in [-0.2, 0) is 11.2 Å². The number of nitrogens with two attached hydrogens (primary N) is 1. The quantitative estimate of drug-likeness (QED) is 0.583. The van der Waals surface area contributed by atoms with Crippen LogP contribution in [0.15, 0.2) is 30.9 Å². The van der Waals surface area contributed by atoms with Gasteiger partial charge in [0.25, 0.3) is 0 Å². The van der Waals surface area contributed by atoms with Gasteiger partial charge in [-0.05, 0) is 36.1 Å². The molecule has 1 amide bonds. The highest BCUT2D eigenvalue weighted by Crippen LogP contribution is 2.27. The Morgan fingerprint density at radius 3 is 2.57 bits per heavy atom. The van der Waals surface area contributed by atoms with Gasteiger partial charge in [-0.25, -0.2) is 9.97 Å². The number of carbonyl (C=O) groups excluding carboxylic acids is 1. The summed E-state index contributed by atoms with van der Waals surface area (Å²) in [5, 5.41) is 9.41. The first-order chi connectivity index (χ1) is 9.99. The number of benzene rings is 1. The number of nitrogens with one attached hydrogen (secondary N) is 2. The van der Waals surface area contributed by atoms with Crippen LogP contribution in [0.5, 0.6) is 0 Å². The zero-order valence-corrected chi connectivity index (χ0v) is 12.0. The molecule has 6 nitrogen and oxygen atoms in total. The van der Waals surface area contributed by atoms with E-state index in [1.54, 1.807) is 12.4 Å². The van der Waals surface area contributed by atoms with Crippen molar-refractivity contribution in [3.05, 3.63) is 47.5 Å². The lowest BCUT2D eigenvalue weighted by molar-refractivity contribution is -0.119. The molecule has 1 heterocycles. The number of carbonyl (C=O) groups is 1. The normalized spacial score (nSPS) is 10.2. The Labute approximate surface area is 122 Å². The number of aryl methyl sites for hydroxylation is 1. The van der Waals surface area contributed by atoms with Crippen LogP contribution in [-0.4, -0.2) is 21.8 Å². The van der Waals surface area contributed by atoms with Crippen LogP contribution >= 0.6 is 0 Å². The number of hydrogen-bond acceptors (Lipinski definition) is 4. The van der Waals surface area contributed by atoms with E-state index in [1.165, 1.54) is 6.33 Å². The molecule has 0 radical (unpaired) electrons. The third kappa shape index (κ3) is 3.42. The molecule has 21 heavy (non-hydrogen) atoms. The number of guanidine groups is 1. The van der Waals surface area contributed by atoms with Crippen molar-refractivity contribution in [2.45, 2.75) is 20.3 Å². The number of rotatable bonds is 3. The second-order valence-corrected chi connectivity index (χ2v) is 4.80. The Morgan fingerprint density at radius 2 is 1.95 bits per heavy atom. The van der Waals surface area contributed by atoms with Gasteiger partial charge in [-0.3, -0.25) is 15.5 Å². The van der Waals surface area contributed by atoms with E-state index < -0.39 is 0 Å². The fraction of sp³-hybridized carbons (Fsp3) is 0.200. The lowest BCUT2D eigenvalue weighted by atomic mass is 9.92. The fourth-order valence-electron chi connectivity index (χ4n) is 2.27. The molecule has 0 saturated heterocycles. The maximum atomic E-state index is 11.8. The van der Waals surface area contributed by atoms with E-state index >= 15 is 0 Å². The summed E-state index contributed by atoms with van der Waals surface area (Å²) in [5.74, 6) is -0.641. The van der Waals surface area contributed by atoms with Gasteiger partial charge in [0.05, 0.1) is 6.42 Å². The van der Waals surface area contributed by atoms with Gasteiger partial charge in [-0.15, -0.1) is 0 Å². The van der Waals surface area contributed by atoms with Crippen LogP contribution < -0.4 is 11.1 Å². The van der Waals surface area contributed by atoms with E-state index in [0.717, 1.165) is 27.8 Å². The maximum absolute atomic E-state index is 11.8. The molecule has 0 unspecified atom stereocenters. The van der Waals surface area contributed by atoms with Crippen molar-refractivity contribution in [1.29, 1.82) is 5.41 Å². The minimum absolute atomic E-state index is 0.179. The smallest absolute Gasteiger partial charge is 0.231 e. The molecule has 6 heteroatoms. The predicted molar refractivity (Wildman–Crippen MR) is 80.7 cm³/mol. The van der Waals surface area contributed by atoms with Gasteiger partial charge in [-0.2, -0.15) is 0 Å². The molecular weight excluding hydrogens is 266 g/mol. The summed E-state index contributed by atoms with van der Waals surface area (Å²) >= 11 is 0. The average Bonchev–Trinajstić information content (AvgIpc) is 2.43. The summed E-state index contributed by atoms with van der Waals surface area (Å²) in [4.78, 5) is 19.9. The minimum atomic E-state index is -0.345. The highest BCUT2D eigenvalue weighted by molar-refractivity contribution is 5.95. The topological polar surface area (TPSA) is 105 Å². The lowest BCUT2D eigenvalue weighted by Gasteiger charge is -2.14. The van der Waals surface area contributed by atoms with Crippen LogP contribution in [0.1, 0.15) is 16.7 Å². The molecule has 0 aliphatic heterocycles. The first-order valence-electron chi connectivity index (χ1n) is 6.47. The second kappa shape index (κ2) is 6.13. The van der Waals surface area contributed by atoms with Gasteiger partial charge < -0.3 is 5.73 Å². The standard InChI is InChI=1S/C15H17N5O/c1-9-3-4-12(11-6-18-8-19-7-11)10(2)13(9)5-14(21)20-15(16)17/h3-4,6-8H,5H2,1-2H3,(H4,16,17,20,21). The molecular formula is C15H17N5O. The summed E-state index contributed by atoms with van der Waals surface area (Å²) in [7, 11) is 0. The van der Waals surface area contributed by atoms with Gasteiger partial charge in [0, 0.05) is 18.0 Å². The monoisotopic (exact) mass is 283 g/mol. The van der Waals surface area contributed by atoms with Crippen molar-refractivity contribution in [3.63, 3.8) is 0 Å². The highest BCUT2D eigenvalue weighted by atomic mass is 16.1. The van der Waals surface area contributed by atoms with Crippen LogP contribution in [0.2, 0.25) is 0 Å². The predicted octanol–water partition coefficient (Wildman–Crippen LogP) is 1.31. The molecule has 2 aromatic rings. The molecule has 0 bridgehead atoms. The minimum Gasteiger partial charge on any atom is -0.370 e. The number of aromatic nitrogens is 2. The molecule has 0 atom stereocenters. The highest BCUT2D eigenvalue weighted by Gasteiger charge is 2.13. The Balaban J connectivity index is 2.38. The number of amides is 1. The molecule has 108 valence electrons. The number of nitrogens with zero attached hydrogens (tertiary/aromatic N) is 2. The van der Waals surface area contributed by atoms with Crippen LogP contribution in [0, 0.1) is 19.3 Å². The first-order valence-corrected chi connectivity index (χ1v) is 6.47. The van der Waals surface area contributed by atoms with E-state index in [2.05, 4.69) is 15.3 Å². The largest absolute Gasteiger partial charge is 0.370 e. The summed E-state index contributed by atoms with van der Waals surface area (Å²) < 4.78 is 0. The van der Waals surface area contributed by atoms with Crippen molar-refractivity contribution < 1.29 is 4.79 Å². The Bertz CT molecular complexity index is 682. The van der Waals surface area contributed by atoms with Gasteiger partial charge in [0.15, 0.2) is 5.96 Å². The Morgan fingerprint density at radius 1 is 1.29 bits per heavy atom. The molecule has 0 spiro atoms. The molecule has 0 saturated carbocycles. The van der Waals surface area contributed by atoms with Gasteiger partial charge in [-0.1, -0.05) is 12.1 Å². The average molecular weight is 283 g/mol. The Hall–Kier alpha value is -2.76. The van der Waals surface area contributed by atoms with E-state index in [-0.39, 0.29) is 18.3 Å². The van der Waals surface area contributed by atoms with E-state index in [1.807, 2.05) is 26.0 Å².